The van der Waals surface area contributed by atoms with E-state index in [1.165, 1.54) is 6.07 Å². The zero-order valence-electron chi connectivity index (χ0n) is 20.9. The van der Waals surface area contributed by atoms with E-state index in [0.29, 0.717) is 26.0 Å². The minimum Gasteiger partial charge on any atom is -0.466 e. The number of likely N-dealkylation sites (tertiary alicyclic amines) is 1. The number of esters is 1. The van der Waals surface area contributed by atoms with Crippen LogP contribution in [0.4, 0.5) is 4.39 Å². The van der Waals surface area contributed by atoms with Crippen molar-refractivity contribution in [3.63, 3.8) is 0 Å². The molecule has 1 N–H and O–H groups in total. The van der Waals surface area contributed by atoms with Gasteiger partial charge in [0, 0.05) is 19.0 Å². The fourth-order valence-electron chi connectivity index (χ4n) is 4.88. The van der Waals surface area contributed by atoms with Crippen LogP contribution in [0, 0.1) is 12.7 Å². The van der Waals surface area contributed by atoms with Crippen molar-refractivity contribution in [3.05, 3.63) is 69.5 Å². The Hall–Kier alpha value is -1.99. The van der Waals surface area contributed by atoms with Gasteiger partial charge in [-0.15, -0.1) is 0 Å². The summed E-state index contributed by atoms with van der Waals surface area (Å²) < 4.78 is 25.0. The highest BCUT2D eigenvalue weighted by Crippen LogP contribution is 2.27. The number of nitrogens with zero attached hydrogens (tertiary/aromatic N) is 1. The minimum absolute atomic E-state index is 0.136. The van der Waals surface area contributed by atoms with Crippen molar-refractivity contribution in [2.45, 2.75) is 71.1 Å². The Morgan fingerprint density at radius 3 is 2.86 bits per heavy atom. The topological polar surface area (TPSA) is 59.0 Å². The van der Waals surface area contributed by atoms with Gasteiger partial charge in [-0.1, -0.05) is 35.9 Å². The van der Waals surface area contributed by atoms with Crippen molar-refractivity contribution < 1.29 is 23.8 Å². The molecule has 0 aromatic heterocycles. The smallest absolute Gasteiger partial charge is 0.306 e. The Bertz CT molecular complexity index is 985. The van der Waals surface area contributed by atoms with Crippen LogP contribution in [0.3, 0.4) is 0 Å². The van der Waals surface area contributed by atoms with Gasteiger partial charge in [0.2, 0.25) is 0 Å². The summed E-state index contributed by atoms with van der Waals surface area (Å²) in [7, 11) is 0. The van der Waals surface area contributed by atoms with Crippen LogP contribution in [0.25, 0.3) is 0 Å². The average molecular weight is 506 g/mol. The molecular weight excluding hydrogens is 469 g/mol. The Balaban J connectivity index is 1.53. The molecule has 2 aromatic carbocycles. The molecule has 7 heteroatoms. The average Bonchev–Trinajstić information content (AvgIpc) is 3.25. The van der Waals surface area contributed by atoms with E-state index in [9.17, 15) is 14.3 Å². The lowest BCUT2D eigenvalue weighted by Gasteiger charge is -2.28. The van der Waals surface area contributed by atoms with Crippen LogP contribution in [-0.2, 0) is 27.1 Å². The number of rotatable bonds is 12. The van der Waals surface area contributed by atoms with Crippen molar-refractivity contribution in [2.24, 2.45) is 0 Å². The predicted molar refractivity (Wildman–Crippen MR) is 136 cm³/mol. The first kappa shape index (κ1) is 27.6. The fourth-order valence-corrected chi connectivity index (χ4v) is 5.00. The number of hydrogen-bond donors (Lipinski definition) is 1. The number of hydrogen-bond acceptors (Lipinski definition) is 5. The second-order valence-corrected chi connectivity index (χ2v) is 9.73. The lowest BCUT2D eigenvalue weighted by molar-refractivity contribution is -0.143. The largest absolute Gasteiger partial charge is 0.466 e. The standard InChI is InChI=1S/C28H37ClFNO4/c1-4-34-28(33)13-11-24-19(2)7-5-9-25(24)20(3)35-18-23(32)17-31-14-6-8-22(31)15-21-10-12-26(29)27(30)16-21/h5,7,9-10,12,16,20,22-23,32H,4,6,8,11,13-15,17-18H2,1-3H3/t20-,22+,23-/m1/s1. The zero-order valence-corrected chi connectivity index (χ0v) is 21.7. The number of β-amino-alcohol motifs (C(OH)–C–C–N with tert-alkyl or cyclic N) is 1. The molecule has 0 amide bonds. The molecule has 0 spiro atoms. The van der Waals surface area contributed by atoms with E-state index in [1.807, 2.05) is 38.1 Å². The number of aliphatic hydroxyl groups is 1. The van der Waals surface area contributed by atoms with Crippen LogP contribution in [0.15, 0.2) is 36.4 Å². The number of aliphatic hydroxyl groups excluding tert-OH is 1. The Morgan fingerprint density at radius 2 is 2.11 bits per heavy atom. The van der Waals surface area contributed by atoms with Crippen LogP contribution in [0.1, 0.15) is 61.5 Å². The van der Waals surface area contributed by atoms with Gasteiger partial charge in [0.05, 0.1) is 30.4 Å². The molecule has 0 saturated carbocycles. The highest BCUT2D eigenvalue weighted by Gasteiger charge is 2.27. The second kappa shape index (κ2) is 13.4. The van der Waals surface area contributed by atoms with Crippen LogP contribution < -0.4 is 0 Å². The van der Waals surface area contributed by atoms with Crippen LogP contribution in [0.5, 0.6) is 0 Å². The third-order valence-electron chi connectivity index (χ3n) is 6.71. The van der Waals surface area contributed by atoms with Gasteiger partial charge in [-0.2, -0.15) is 0 Å². The fraction of sp³-hybridized carbons (Fsp3) is 0.536. The maximum Gasteiger partial charge on any atom is 0.306 e. The molecule has 5 nitrogen and oxygen atoms in total. The molecular formula is C28H37ClFNO4. The molecule has 2 aromatic rings. The molecule has 1 saturated heterocycles. The van der Waals surface area contributed by atoms with E-state index in [1.54, 1.807) is 13.0 Å². The second-order valence-electron chi connectivity index (χ2n) is 9.32. The van der Waals surface area contributed by atoms with Crippen LogP contribution in [0.2, 0.25) is 5.02 Å². The number of carbonyl (C=O) groups is 1. The summed E-state index contributed by atoms with van der Waals surface area (Å²) in [6, 6.07) is 11.3. The summed E-state index contributed by atoms with van der Waals surface area (Å²) in [5, 5.41) is 10.9. The van der Waals surface area contributed by atoms with E-state index < -0.39 is 11.9 Å². The first-order chi connectivity index (χ1) is 16.8. The maximum atomic E-state index is 13.8. The summed E-state index contributed by atoms with van der Waals surface area (Å²) in [6.07, 6.45) is 2.87. The Morgan fingerprint density at radius 1 is 1.31 bits per heavy atom. The van der Waals surface area contributed by atoms with Gasteiger partial charge in [0.15, 0.2) is 0 Å². The van der Waals surface area contributed by atoms with Crippen molar-refractivity contribution >= 4 is 17.6 Å². The number of halogens is 2. The zero-order chi connectivity index (χ0) is 25.4. The number of benzene rings is 2. The summed E-state index contributed by atoms with van der Waals surface area (Å²) in [6.45, 7) is 7.83. The molecule has 3 rings (SSSR count). The monoisotopic (exact) mass is 505 g/mol. The van der Waals surface area contributed by atoms with Crippen molar-refractivity contribution in [2.75, 3.05) is 26.3 Å². The first-order valence-corrected chi connectivity index (χ1v) is 12.9. The van der Waals surface area contributed by atoms with E-state index in [4.69, 9.17) is 21.1 Å². The van der Waals surface area contributed by atoms with Crippen LogP contribution >= 0.6 is 11.6 Å². The van der Waals surface area contributed by atoms with Crippen molar-refractivity contribution in [3.8, 4) is 0 Å². The van der Waals surface area contributed by atoms with E-state index in [2.05, 4.69) is 4.90 Å². The maximum absolute atomic E-state index is 13.8. The SMILES string of the molecule is CCOC(=O)CCc1c(C)cccc1[C@@H](C)OC[C@H](O)CN1CCC[C@H]1Cc1ccc(Cl)c(F)c1. The van der Waals surface area contributed by atoms with Gasteiger partial charge in [0.1, 0.15) is 5.82 Å². The summed E-state index contributed by atoms with van der Waals surface area (Å²) >= 11 is 5.81. The third kappa shape index (κ3) is 8.01. The molecule has 1 aliphatic heterocycles. The Labute approximate surface area is 213 Å². The first-order valence-electron chi connectivity index (χ1n) is 12.5. The van der Waals surface area contributed by atoms with Gasteiger partial charge < -0.3 is 14.6 Å². The van der Waals surface area contributed by atoms with Gasteiger partial charge in [-0.25, -0.2) is 4.39 Å². The van der Waals surface area contributed by atoms with Gasteiger partial charge in [0.25, 0.3) is 0 Å². The third-order valence-corrected chi connectivity index (χ3v) is 7.01. The van der Waals surface area contributed by atoms with Crippen molar-refractivity contribution in [1.29, 1.82) is 0 Å². The molecule has 0 aliphatic carbocycles. The molecule has 0 bridgehead atoms. The molecule has 0 radical (unpaired) electrons. The number of carbonyl (C=O) groups excluding carboxylic acids is 1. The summed E-state index contributed by atoms with van der Waals surface area (Å²) in [4.78, 5) is 14.1. The highest BCUT2D eigenvalue weighted by atomic mass is 35.5. The number of ether oxygens (including phenoxy) is 2. The van der Waals surface area contributed by atoms with Crippen molar-refractivity contribution in [1.82, 2.24) is 4.90 Å². The molecule has 3 atom stereocenters. The lowest BCUT2D eigenvalue weighted by atomic mass is 9.95. The summed E-state index contributed by atoms with van der Waals surface area (Å²) in [5.74, 6) is -0.596. The summed E-state index contributed by atoms with van der Waals surface area (Å²) in [5.41, 5.74) is 4.15. The van der Waals surface area contributed by atoms with Gasteiger partial charge in [-0.3, -0.25) is 9.69 Å². The van der Waals surface area contributed by atoms with E-state index >= 15 is 0 Å². The van der Waals surface area contributed by atoms with E-state index in [-0.39, 0.29) is 29.7 Å². The molecule has 1 fully saturated rings. The highest BCUT2D eigenvalue weighted by molar-refractivity contribution is 6.30. The normalized spacial score (nSPS) is 17.9. The van der Waals surface area contributed by atoms with E-state index in [0.717, 1.165) is 48.1 Å². The quantitative estimate of drug-likeness (QED) is 0.390. The van der Waals surface area contributed by atoms with Gasteiger partial charge in [-0.05, 0) is 87.4 Å². The number of aryl methyl sites for hydroxylation is 1. The minimum atomic E-state index is -0.632. The molecule has 0 unspecified atom stereocenters. The van der Waals surface area contributed by atoms with Gasteiger partial charge >= 0.3 is 5.97 Å². The molecule has 1 heterocycles. The van der Waals surface area contributed by atoms with Crippen LogP contribution in [-0.4, -0.2) is 54.4 Å². The lowest BCUT2D eigenvalue weighted by Crippen LogP contribution is -2.39. The Kier molecular flexibility index (Phi) is 10.5. The predicted octanol–water partition coefficient (Wildman–Crippen LogP) is 5.43. The molecule has 192 valence electrons. The molecule has 1 aliphatic rings. The molecule has 35 heavy (non-hydrogen) atoms.